The molecule has 0 aliphatic carbocycles. The van der Waals surface area contributed by atoms with E-state index in [9.17, 15) is 9.59 Å². The van der Waals surface area contributed by atoms with Gasteiger partial charge in [-0.15, -0.1) is 0 Å². The lowest BCUT2D eigenvalue weighted by molar-refractivity contribution is -0.125. The van der Waals surface area contributed by atoms with Crippen LogP contribution in [0.5, 0.6) is 0 Å². The Morgan fingerprint density at radius 3 is 1.80 bits per heavy atom. The SMILES string of the molecule is CCC=C[SiH](N(C)C(C)=O)N(C)C(C)=O. The van der Waals surface area contributed by atoms with Gasteiger partial charge < -0.3 is 9.13 Å². The van der Waals surface area contributed by atoms with Crippen molar-refractivity contribution in [2.75, 3.05) is 14.1 Å². The van der Waals surface area contributed by atoms with Crippen LogP contribution < -0.4 is 0 Å². The Kier molecular flexibility index (Phi) is 5.92. The summed E-state index contributed by atoms with van der Waals surface area (Å²) in [6.45, 7) is 5.07. The second-order valence-electron chi connectivity index (χ2n) is 3.51. The fraction of sp³-hybridized carbons (Fsp3) is 0.600. The molecule has 0 spiro atoms. The van der Waals surface area contributed by atoms with Gasteiger partial charge in [-0.2, -0.15) is 0 Å². The molecule has 0 rings (SSSR count). The van der Waals surface area contributed by atoms with Crippen molar-refractivity contribution in [3.05, 3.63) is 11.8 Å². The zero-order valence-electron chi connectivity index (χ0n) is 10.2. The minimum Gasteiger partial charge on any atom is -0.354 e. The minimum atomic E-state index is -1.77. The number of hydrogen-bond acceptors (Lipinski definition) is 2. The zero-order chi connectivity index (χ0) is 12.0. The van der Waals surface area contributed by atoms with E-state index in [2.05, 4.69) is 0 Å². The molecule has 0 saturated heterocycles. The van der Waals surface area contributed by atoms with Crippen molar-refractivity contribution in [2.24, 2.45) is 0 Å². The predicted octanol–water partition coefficient (Wildman–Crippen LogP) is 0.669. The minimum absolute atomic E-state index is 0.000481. The molecular formula is C10H20N2O2Si. The van der Waals surface area contributed by atoms with Crippen LogP contribution in [0, 0.1) is 0 Å². The topological polar surface area (TPSA) is 40.6 Å². The molecule has 0 aromatic rings. The largest absolute Gasteiger partial charge is 0.354 e. The van der Waals surface area contributed by atoms with Crippen LogP contribution >= 0.6 is 0 Å². The monoisotopic (exact) mass is 228 g/mol. The third kappa shape index (κ3) is 4.29. The van der Waals surface area contributed by atoms with Gasteiger partial charge in [-0.25, -0.2) is 0 Å². The Bertz CT molecular complexity index is 246. The lowest BCUT2D eigenvalue weighted by Crippen LogP contribution is -2.51. The standard InChI is InChI=1S/C10H20N2O2Si/c1-6-7-8-15(11(4)9(2)13)12(5)10(3)14/h7-8,15H,6H2,1-5H3. The third-order valence-corrected chi connectivity index (χ3v) is 5.26. The maximum absolute atomic E-state index is 11.3. The fourth-order valence-electron chi connectivity index (χ4n) is 1.15. The molecule has 0 aliphatic rings. The first-order chi connectivity index (χ1) is 6.91. The van der Waals surface area contributed by atoms with E-state index >= 15 is 0 Å². The number of rotatable bonds is 4. The van der Waals surface area contributed by atoms with Crippen LogP contribution in [0.3, 0.4) is 0 Å². The van der Waals surface area contributed by atoms with Gasteiger partial charge in [-0.05, 0) is 6.42 Å². The molecule has 0 aliphatic heterocycles. The van der Waals surface area contributed by atoms with Gasteiger partial charge in [0.05, 0.1) is 0 Å². The molecular weight excluding hydrogens is 208 g/mol. The quantitative estimate of drug-likeness (QED) is 0.664. The van der Waals surface area contributed by atoms with Crippen LogP contribution in [-0.2, 0) is 9.59 Å². The molecule has 5 heteroatoms. The van der Waals surface area contributed by atoms with E-state index in [1.807, 2.05) is 18.7 Å². The number of nitrogens with zero attached hydrogens (tertiary/aromatic N) is 2. The van der Waals surface area contributed by atoms with E-state index in [1.165, 1.54) is 13.8 Å². The Hall–Kier alpha value is -1.10. The van der Waals surface area contributed by atoms with Gasteiger partial charge in [-0.1, -0.05) is 18.7 Å². The normalized spacial score (nSPS) is 10.8. The Balaban J connectivity index is 4.79. The number of carbonyl (C=O) groups excluding carboxylic acids is 2. The molecule has 0 bridgehead atoms. The zero-order valence-corrected chi connectivity index (χ0v) is 11.3. The smallest absolute Gasteiger partial charge is 0.277 e. The number of carbonyl (C=O) groups is 2. The molecule has 0 heterocycles. The molecule has 4 nitrogen and oxygen atoms in total. The summed E-state index contributed by atoms with van der Waals surface area (Å²) in [7, 11) is 1.73. The summed E-state index contributed by atoms with van der Waals surface area (Å²) in [4.78, 5) is 22.5. The van der Waals surface area contributed by atoms with Crippen LogP contribution in [0.1, 0.15) is 27.2 Å². The van der Waals surface area contributed by atoms with E-state index in [0.717, 1.165) is 6.42 Å². The molecule has 2 amide bonds. The summed E-state index contributed by atoms with van der Waals surface area (Å²) < 4.78 is 3.35. The van der Waals surface area contributed by atoms with Crippen molar-refractivity contribution in [1.29, 1.82) is 0 Å². The maximum Gasteiger partial charge on any atom is 0.277 e. The second kappa shape index (κ2) is 6.39. The molecule has 86 valence electrons. The van der Waals surface area contributed by atoms with Crippen LogP contribution in [0.4, 0.5) is 0 Å². The molecule has 0 aromatic carbocycles. The van der Waals surface area contributed by atoms with E-state index in [0.29, 0.717) is 0 Å². The van der Waals surface area contributed by atoms with Crippen molar-refractivity contribution < 1.29 is 9.59 Å². The van der Waals surface area contributed by atoms with Crippen molar-refractivity contribution in [3.63, 3.8) is 0 Å². The maximum atomic E-state index is 11.3. The molecule has 0 fully saturated rings. The Labute approximate surface area is 93.3 Å². The van der Waals surface area contributed by atoms with Gasteiger partial charge in [0.25, 0.3) is 9.12 Å². The molecule has 0 atom stereocenters. The van der Waals surface area contributed by atoms with Crippen LogP contribution in [0.2, 0.25) is 0 Å². The Morgan fingerprint density at radius 2 is 1.53 bits per heavy atom. The highest BCUT2D eigenvalue weighted by molar-refractivity contribution is 6.63. The highest BCUT2D eigenvalue weighted by atomic mass is 28.3. The first kappa shape index (κ1) is 13.9. The van der Waals surface area contributed by atoms with Gasteiger partial charge in [0.15, 0.2) is 0 Å². The average Bonchev–Trinajstić information content (AvgIpc) is 2.17. The lowest BCUT2D eigenvalue weighted by Gasteiger charge is -2.30. The number of allylic oxidation sites excluding steroid dienone is 1. The van der Waals surface area contributed by atoms with Crippen molar-refractivity contribution >= 4 is 20.9 Å². The highest BCUT2D eigenvalue weighted by Crippen LogP contribution is 2.01. The second-order valence-corrected chi connectivity index (χ2v) is 6.27. The summed E-state index contributed by atoms with van der Waals surface area (Å²) in [5.74, 6) is 0.000962. The van der Waals surface area contributed by atoms with Gasteiger partial charge >= 0.3 is 0 Å². The number of hydrogen-bond donors (Lipinski definition) is 0. The first-order valence-corrected chi connectivity index (χ1v) is 6.75. The van der Waals surface area contributed by atoms with E-state index in [-0.39, 0.29) is 11.8 Å². The average molecular weight is 228 g/mol. The van der Waals surface area contributed by atoms with E-state index in [1.54, 1.807) is 23.2 Å². The first-order valence-electron chi connectivity index (χ1n) is 5.05. The van der Waals surface area contributed by atoms with Crippen molar-refractivity contribution in [3.8, 4) is 0 Å². The van der Waals surface area contributed by atoms with Gasteiger partial charge in [-0.3, -0.25) is 9.59 Å². The van der Waals surface area contributed by atoms with Crippen LogP contribution in [0.15, 0.2) is 11.8 Å². The van der Waals surface area contributed by atoms with E-state index in [4.69, 9.17) is 0 Å². The van der Waals surface area contributed by atoms with Crippen molar-refractivity contribution in [1.82, 2.24) is 9.13 Å². The summed E-state index contributed by atoms with van der Waals surface area (Å²) >= 11 is 0. The third-order valence-electron chi connectivity index (χ3n) is 2.33. The van der Waals surface area contributed by atoms with Gasteiger partial charge in [0.1, 0.15) is 0 Å². The molecule has 15 heavy (non-hydrogen) atoms. The summed E-state index contributed by atoms with van der Waals surface area (Å²) in [5, 5.41) is 0. The molecule has 0 unspecified atom stereocenters. The molecule has 0 saturated carbocycles. The van der Waals surface area contributed by atoms with Gasteiger partial charge in [0, 0.05) is 27.9 Å². The highest BCUT2D eigenvalue weighted by Gasteiger charge is 2.23. The fourth-order valence-corrected chi connectivity index (χ4v) is 3.45. The lowest BCUT2D eigenvalue weighted by atomic mass is 10.5. The van der Waals surface area contributed by atoms with Crippen LogP contribution in [-0.4, -0.2) is 44.2 Å². The summed E-state index contributed by atoms with van der Waals surface area (Å²) in [5.41, 5.74) is 2.00. The molecule has 0 radical (unpaired) electrons. The number of amides is 2. The van der Waals surface area contributed by atoms with Gasteiger partial charge in [0.2, 0.25) is 11.8 Å². The predicted molar refractivity (Wildman–Crippen MR) is 63.5 cm³/mol. The Morgan fingerprint density at radius 1 is 1.13 bits per heavy atom. The molecule has 0 N–H and O–H groups in total. The van der Waals surface area contributed by atoms with E-state index < -0.39 is 9.12 Å². The summed E-state index contributed by atoms with van der Waals surface area (Å²) in [6, 6.07) is 0. The van der Waals surface area contributed by atoms with Crippen LogP contribution in [0.25, 0.3) is 0 Å². The molecule has 0 aromatic heterocycles. The van der Waals surface area contributed by atoms with Crippen molar-refractivity contribution in [2.45, 2.75) is 27.2 Å². The summed E-state index contributed by atoms with van der Waals surface area (Å²) in [6.07, 6.45) is 2.93.